The molecule has 1 unspecified atom stereocenters. The van der Waals surface area contributed by atoms with Crippen LogP contribution in [0.15, 0.2) is 97.3 Å². The molecule has 0 aliphatic rings. The fourth-order valence-corrected chi connectivity index (χ4v) is 3.94. The van der Waals surface area contributed by atoms with Gasteiger partial charge < -0.3 is 8.80 Å². The first-order chi connectivity index (χ1) is 13.4. The number of aromatic nitrogens is 2. The lowest BCUT2D eigenvalue weighted by Crippen LogP contribution is -2.09. The van der Waals surface area contributed by atoms with Gasteiger partial charge in [0, 0.05) is 29.3 Å². The van der Waals surface area contributed by atoms with E-state index >= 15 is 0 Å². The first kappa shape index (κ1) is 15.5. The summed E-state index contributed by atoms with van der Waals surface area (Å²) in [4.78, 5) is 0. The predicted octanol–water partition coefficient (Wildman–Crippen LogP) is 5.24. The molecule has 4 aromatic heterocycles. The Morgan fingerprint density at radius 1 is 0.704 bits per heavy atom. The van der Waals surface area contributed by atoms with Gasteiger partial charge in [-0.05, 0) is 48.0 Å². The fourth-order valence-electron chi connectivity index (χ4n) is 3.94. The second-order valence-electron chi connectivity index (χ2n) is 6.65. The Kier molecular flexibility index (Phi) is 3.55. The molecule has 0 radical (unpaired) electrons. The first-order valence-corrected chi connectivity index (χ1v) is 8.98. The third-order valence-corrected chi connectivity index (χ3v) is 5.15. The van der Waals surface area contributed by atoms with Crippen LogP contribution in [-0.2, 0) is 0 Å². The van der Waals surface area contributed by atoms with Crippen molar-refractivity contribution >= 4 is 11.0 Å². The summed E-state index contributed by atoms with van der Waals surface area (Å²) in [6.07, 6.45) is 4.14. The summed E-state index contributed by atoms with van der Waals surface area (Å²) < 4.78 is 4.37. The summed E-state index contributed by atoms with van der Waals surface area (Å²) in [5.74, 6) is 0.0214. The normalized spacial score (nSPS) is 12.3. The Hall–Kier alpha value is -3.77. The lowest BCUT2D eigenvalue weighted by Gasteiger charge is -2.19. The van der Waals surface area contributed by atoms with Crippen LogP contribution in [0.3, 0.4) is 0 Å². The van der Waals surface area contributed by atoms with Crippen LogP contribution in [0.25, 0.3) is 11.0 Å². The van der Waals surface area contributed by atoms with E-state index in [4.69, 9.17) is 0 Å². The topological polar surface area (TPSA) is 32.6 Å². The number of rotatable bonds is 3. The van der Waals surface area contributed by atoms with Gasteiger partial charge >= 0.3 is 0 Å². The van der Waals surface area contributed by atoms with Crippen molar-refractivity contribution in [2.75, 3.05) is 0 Å². The highest BCUT2D eigenvalue weighted by molar-refractivity contribution is 5.65. The molecule has 1 atom stereocenters. The number of fused-ring (bicyclic) bond motifs is 2. The van der Waals surface area contributed by atoms with Gasteiger partial charge in [-0.3, -0.25) is 0 Å². The van der Waals surface area contributed by atoms with Gasteiger partial charge in [0.1, 0.15) is 6.07 Å². The molecular formula is C24H17N3. The molecule has 5 aromatic rings. The van der Waals surface area contributed by atoms with Gasteiger partial charge in [-0.15, -0.1) is 0 Å². The highest BCUT2D eigenvalue weighted by Gasteiger charge is 2.24. The Labute approximate surface area is 157 Å². The summed E-state index contributed by atoms with van der Waals surface area (Å²) in [6, 6.07) is 31.4. The smallest absolute Gasteiger partial charge is 0.101 e. The van der Waals surface area contributed by atoms with Crippen LogP contribution in [0.4, 0.5) is 0 Å². The van der Waals surface area contributed by atoms with Gasteiger partial charge in [-0.25, -0.2) is 0 Å². The number of benzene rings is 1. The maximum absolute atomic E-state index is 9.64. The van der Waals surface area contributed by atoms with E-state index in [0.717, 1.165) is 16.7 Å². The van der Waals surface area contributed by atoms with Gasteiger partial charge in [-0.1, -0.05) is 42.5 Å². The molecule has 4 heterocycles. The van der Waals surface area contributed by atoms with Crippen molar-refractivity contribution in [3.05, 3.63) is 120 Å². The van der Waals surface area contributed by atoms with Crippen molar-refractivity contribution in [1.82, 2.24) is 8.80 Å². The lowest BCUT2D eigenvalue weighted by atomic mass is 9.92. The quantitative estimate of drug-likeness (QED) is 0.439. The van der Waals surface area contributed by atoms with Crippen LogP contribution < -0.4 is 0 Å². The van der Waals surface area contributed by atoms with Gasteiger partial charge in [0.05, 0.1) is 17.0 Å². The van der Waals surface area contributed by atoms with E-state index in [2.05, 4.69) is 75.7 Å². The molecule has 27 heavy (non-hydrogen) atoms. The van der Waals surface area contributed by atoms with E-state index in [-0.39, 0.29) is 5.92 Å². The zero-order chi connectivity index (χ0) is 18.2. The van der Waals surface area contributed by atoms with E-state index in [9.17, 15) is 5.26 Å². The maximum atomic E-state index is 9.64. The highest BCUT2D eigenvalue weighted by atomic mass is 14.9. The zero-order valence-corrected chi connectivity index (χ0v) is 14.7. The Balaban J connectivity index is 1.84. The molecule has 0 bridgehead atoms. The zero-order valence-electron chi connectivity index (χ0n) is 14.7. The Morgan fingerprint density at radius 2 is 1.44 bits per heavy atom. The molecule has 0 N–H and O–H groups in total. The molecule has 0 spiro atoms. The second-order valence-corrected chi connectivity index (χ2v) is 6.65. The minimum Gasteiger partial charge on any atom is -0.320 e. The van der Waals surface area contributed by atoms with Crippen LogP contribution in [0.2, 0.25) is 0 Å². The number of hydrogen-bond acceptors (Lipinski definition) is 1. The molecular weight excluding hydrogens is 330 g/mol. The van der Waals surface area contributed by atoms with E-state index < -0.39 is 0 Å². The number of pyridine rings is 2. The molecule has 1 aromatic carbocycles. The predicted molar refractivity (Wildman–Crippen MR) is 107 cm³/mol. The molecule has 0 aliphatic heterocycles. The summed E-state index contributed by atoms with van der Waals surface area (Å²) in [5, 5.41) is 9.64. The van der Waals surface area contributed by atoms with Gasteiger partial charge in [0.25, 0.3) is 0 Å². The standard InChI is InChI=1S/C24H17N3/c25-17-19-16-23(27-15-7-5-11-21(19)27)24(18-8-2-1-3-9-18)22-13-12-20-10-4-6-14-26(20)22/h1-16,24H. The maximum Gasteiger partial charge on any atom is 0.101 e. The summed E-state index contributed by atoms with van der Waals surface area (Å²) in [7, 11) is 0. The molecule has 0 fully saturated rings. The molecule has 0 aliphatic carbocycles. The summed E-state index contributed by atoms with van der Waals surface area (Å²) >= 11 is 0. The van der Waals surface area contributed by atoms with Crippen LogP contribution >= 0.6 is 0 Å². The largest absolute Gasteiger partial charge is 0.320 e. The number of nitrogens with zero attached hydrogens (tertiary/aromatic N) is 3. The van der Waals surface area contributed by atoms with Crippen molar-refractivity contribution in [3.63, 3.8) is 0 Å². The first-order valence-electron chi connectivity index (χ1n) is 8.98. The van der Waals surface area contributed by atoms with Crippen LogP contribution in [0.5, 0.6) is 0 Å². The molecule has 0 amide bonds. The van der Waals surface area contributed by atoms with Gasteiger partial charge in [-0.2, -0.15) is 5.26 Å². The van der Waals surface area contributed by atoms with Crippen LogP contribution in [-0.4, -0.2) is 8.80 Å². The van der Waals surface area contributed by atoms with Crippen molar-refractivity contribution in [1.29, 1.82) is 5.26 Å². The monoisotopic (exact) mass is 347 g/mol. The molecule has 128 valence electrons. The fraction of sp³-hybridized carbons (Fsp3) is 0.0417. The third kappa shape index (κ3) is 2.43. The average Bonchev–Trinajstić information content (AvgIpc) is 3.32. The van der Waals surface area contributed by atoms with E-state index in [1.807, 2.05) is 36.5 Å². The number of nitriles is 1. The van der Waals surface area contributed by atoms with Crippen molar-refractivity contribution < 1.29 is 0 Å². The Bertz CT molecular complexity index is 1290. The minimum absolute atomic E-state index is 0.0214. The molecule has 5 rings (SSSR count). The molecule has 3 nitrogen and oxygen atoms in total. The van der Waals surface area contributed by atoms with E-state index in [1.165, 1.54) is 11.3 Å². The van der Waals surface area contributed by atoms with Crippen molar-refractivity contribution in [3.8, 4) is 6.07 Å². The average molecular weight is 347 g/mol. The van der Waals surface area contributed by atoms with Crippen molar-refractivity contribution in [2.45, 2.75) is 5.92 Å². The van der Waals surface area contributed by atoms with Crippen LogP contribution in [0.1, 0.15) is 28.4 Å². The van der Waals surface area contributed by atoms with Crippen molar-refractivity contribution in [2.24, 2.45) is 0 Å². The molecule has 0 saturated carbocycles. The Morgan fingerprint density at radius 3 is 2.26 bits per heavy atom. The highest BCUT2D eigenvalue weighted by Crippen LogP contribution is 2.35. The summed E-state index contributed by atoms with van der Waals surface area (Å²) in [6.45, 7) is 0. The number of hydrogen-bond donors (Lipinski definition) is 0. The summed E-state index contributed by atoms with van der Waals surface area (Å²) in [5.41, 5.74) is 6.29. The van der Waals surface area contributed by atoms with E-state index in [1.54, 1.807) is 0 Å². The lowest BCUT2D eigenvalue weighted by molar-refractivity contribution is 0.846. The van der Waals surface area contributed by atoms with Crippen LogP contribution in [0, 0.1) is 11.3 Å². The second kappa shape index (κ2) is 6.19. The molecule has 0 saturated heterocycles. The van der Waals surface area contributed by atoms with Gasteiger partial charge in [0.2, 0.25) is 0 Å². The minimum atomic E-state index is 0.0214. The van der Waals surface area contributed by atoms with Gasteiger partial charge in [0.15, 0.2) is 0 Å². The van der Waals surface area contributed by atoms with E-state index in [0.29, 0.717) is 5.56 Å². The SMILES string of the molecule is N#Cc1cc(C(c2ccccc2)c2ccc3ccccn23)n2ccccc12. The third-order valence-electron chi connectivity index (χ3n) is 5.15. The molecule has 3 heteroatoms.